The lowest BCUT2D eigenvalue weighted by atomic mass is 9.94. The van der Waals surface area contributed by atoms with Gasteiger partial charge in [-0.05, 0) is 27.7 Å². The number of rotatable bonds is 6. The van der Waals surface area contributed by atoms with Crippen LogP contribution in [0, 0.1) is 0 Å². The lowest BCUT2D eigenvalue weighted by Crippen LogP contribution is -2.40. The smallest absolute Gasteiger partial charge is 0.216 e. The second-order valence-corrected chi connectivity index (χ2v) is 9.98. The van der Waals surface area contributed by atoms with Crippen LogP contribution in [0.2, 0.25) is 0 Å². The van der Waals surface area contributed by atoms with Gasteiger partial charge in [0.2, 0.25) is 5.89 Å². The molecular formula is C17H33IN4O2S. The summed E-state index contributed by atoms with van der Waals surface area (Å²) in [5.74, 6) is 2.71. The third-order valence-electron chi connectivity index (χ3n) is 3.27. The summed E-state index contributed by atoms with van der Waals surface area (Å²) in [6.45, 7) is 15.9. The van der Waals surface area contributed by atoms with Gasteiger partial charge in [-0.2, -0.15) is 0 Å². The summed E-state index contributed by atoms with van der Waals surface area (Å²) in [6.07, 6.45) is 1.76. The Kier molecular flexibility index (Phi) is 10.2. The van der Waals surface area contributed by atoms with Gasteiger partial charge in [0, 0.05) is 39.8 Å². The van der Waals surface area contributed by atoms with Crippen LogP contribution < -0.4 is 10.6 Å². The molecule has 0 aromatic carbocycles. The van der Waals surface area contributed by atoms with Crippen molar-refractivity contribution in [2.45, 2.75) is 65.2 Å². The van der Waals surface area contributed by atoms with Gasteiger partial charge in [0.05, 0.1) is 6.20 Å². The Labute approximate surface area is 171 Å². The van der Waals surface area contributed by atoms with E-state index >= 15 is 0 Å². The summed E-state index contributed by atoms with van der Waals surface area (Å²) in [5.41, 5.74) is -0.0608. The van der Waals surface area contributed by atoms with Gasteiger partial charge in [-0.15, -0.1) is 24.0 Å². The number of oxazole rings is 1. The predicted molar refractivity (Wildman–Crippen MR) is 116 cm³/mol. The largest absolute Gasteiger partial charge is 0.443 e. The summed E-state index contributed by atoms with van der Waals surface area (Å²) < 4.78 is 17.6. The third-order valence-corrected chi connectivity index (χ3v) is 5.21. The molecule has 1 unspecified atom stereocenters. The maximum Gasteiger partial charge on any atom is 0.216 e. The Morgan fingerprint density at radius 2 is 1.88 bits per heavy atom. The first-order valence-corrected chi connectivity index (χ1v) is 9.71. The monoisotopic (exact) mass is 484 g/mol. The third kappa shape index (κ3) is 9.03. The van der Waals surface area contributed by atoms with E-state index in [0.29, 0.717) is 30.7 Å². The second kappa shape index (κ2) is 10.5. The van der Waals surface area contributed by atoms with Crippen molar-refractivity contribution in [2.75, 3.05) is 18.8 Å². The highest BCUT2D eigenvalue weighted by Crippen LogP contribution is 2.22. The molecule has 146 valence electrons. The lowest BCUT2D eigenvalue weighted by molar-refractivity contribution is 0.383. The van der Waals surface area contributed by atoms with Crippen molar-refractivity contribution < 1.29 is 8.63 Å². The van der Waals surface area contributed by atoms with Crippen LogP contribution in [0.4, 0.5) is 0 Å². The fourth-order valence-electron chi connectivity index (χ4n) is 1.79. The van der Waals surface area contributed by atoms with Gasteiger partial charge in [0.25, 0.3) is 0 Å². The molecule has 0 amide bonds. The second-order valence-electron chi connectivity index (χ2n) is 7.65. The van der Waals surface area contributed by atoms with Crippen LogP contribution in [0.5, 0.6) is 0 Å². The van der Waals surface area contributed by atoms with Gasteiger partial charge >= 0.3 is 0 Å². The molecule has 0 aliphatic carbocycles. The zero-order valence-electron chi connectivity index (χ0n) is 16.4. The first kappa shape index (κ1) is 24.4. The molecule has 0 bridgehead atoms. The summed E-state index contributed by atoms with van der Waals surface area (Å²) in [5, 5.41) is 6.38. The maximum absolute atomic E-state index is 12.1. The zero-order valence-corrected chi connectivity index (χ0v) is 19.6. The minimum atomic E-state index is -0.880. The number of aromatic nitrogens is 1. The molecule has 0 saturated heterocycles. The minimum absolute atomic E-state index is 0. The molecule has 1 heterocycles. The van der Waals surface area contributed by atoms with Crippen LogP contribution in [0.1, 0.15) is 60.1 Å². The highest BCUT2D eigenvalue weighted by atomic mass is 127. The zero-order chi connectivity index (χ0) is 18.4. The quantitative estimate of drug-likeness (QED) is 0.369. The molecule has 8 heteroatoms. The highest BCUT2D eigenvalue weighted by molar-refractivity contribution is 14.0. The van der Waals surface area contributed by atoms with E-state index in [2.05, 4.69) is 41.4 Å². The first-order valence-electron chi connectivity index (χ1n) is 8.40. The lowest BCUT2D eigenvalue weighted by Gasteiger charge is -2.18. The number of nitrogens with zero attached hydrogens (tertiary/aromatic N) is 2. The Balaban J connectivity index is 0.00000576. The van der Waals surface area contributed by atoms with Crippen molar-refractivity contribution >= 4 is 40.7 Å². The molecule has 1 atom stereocenters. The van der Waals surface area contributed by atoms with Gasteiger partial charge in [0.1, 0.15) is 12.3 Å². The molecule has 0 fully saturated rings. The van der Waals surface area contributed by atoms with Crippen molar-refractivity contribution in [3.05, 3.63) is 17.8 Å². The van der Waals surface area contributed by atoms with Gasteiger partial charge in [-0.25, -0.2) is 9.98 Å². The molecule has 1 rings (SSSR count). The normalized spacial score (nSPS) is 14.0. The van der Waals surface area contributed by atoms with E-state index in [9.17, 15) is 4.21 Å². The van der Waals surface area contributed by atoms with Crippen LogP contribution in [-0.2, 0) is 22.8 Å². The molecule has 0 saturated carbocycles. The molecule has 1 aromatic rings. The number of hydrogen-bond acceptors (Lipinski definition) is 4. The molecule has 25 heavy (non-hydrogen) atoms. The average Bonchev–Trinajstić information content (AvgIpc) is 2.92. The Bertz CT molecular complexity index is 574. The number of guanidine groups is 1. The van der Waals surface area contributed by atoms with Gasteiger partial charge in [-0.1, -0.05) is 20.8 Å². The topological polar surface area (TPSA) is 79.5 Å². The van der Waals surface area contributed by atoms with E-state index in [1.807, 2.05) is 27.7 Å². The number of halogens is 1. The Morgan fingerprint density at radius 3 is 2.36 bits per heavy atom. The molecule has 0 radical (unpaired) electrons. The Morgan fingerprint density at radius 1 is 1.24 bits per heavy atom. The minimum Gasteiger partial charge on any atom is -0.443 e. The van der Waals surface area contributed by atoms with Gasteiger partial charge < -0.3 is 15.1 Å². The summed E-state index contributed by atoms with van der Waals surface area (Å²) in [4.78, 5) is 8.75. The van der Waals surface area contributed by atoms with E-state index in [1.54, 1.807) is 6.20 Å². The molecule has 2 N–H and O–H groups in total. The summed E-state index contributed by atoms with van der Waals surface area (Å²) >= 11 is 0. The van der Waals surface area contributed by atoms with Crippen molar-refractivity contribution in [3.8, 4) is 0 Å². The van der Waals surface area contributed by atoms with Crippen LogP contribution in [0.15, 0.2) is 15.6 Å². The van der Waals surface area contributed by atoms with Gasteiger partial charge in [0.15, 0.2) is 5.96 Å². The Hall–Kier alpha value is -0.640. The SMILES string of the molecule is CCNC(=NCc1ncc(C(C)(C)C)o1)NCCS(=O)C(C)(C)C.I. The maximum atomic E-state index is 12.1. The highest BCUT2D eigenvalue weighted by Gasteiger charge is 2.20. The number of hydrogen-bond donors (Lipinski definition) is 2. The number of aliphatic imine (C=N–C) groups is 1. The summed E-state index contributed by atoms with van der Waals surface area (Å²) in [6, 6.07) is 0. The molecule has 0 aliphatic rings. The van der Waals surface area contributed by atoms with Crippen molar-refractivity contribution in [1.29, 1.82) is 0 Å². The fourth-order valence-corrected chi connectivity index (χ4v) is 2.69. The van der Waals surface area contributed by atoms with Crippen molar-refractivity contribution in [3.63, 3.8) is 0 Å². The van der Waals surface area contributed by atoms with E-state index in [-0.39, 0.29) is 34.1 Å². The fraction of sp³-hybridized carbons (Fsp3) is 0.765. The first-order chi connectivity index (χ1) is 11.0. The molecule has 0 spiro atoms. The predicted octanol–water partition coefficient (Wildman–Crippen LogP) is 3.19. The van der Waals surface area contributed by atoms with E-state index in [4.69, 9.17) is 4.42 Å². The van der Waals surface area contributed by atoms with Crippen molar-refractivity contribution in [2.24, 2.45) is 4.99 Å². The van der Waals surface area contributed by atoms with Crippen LogP contribution >= 0.6 is 24.0 Å². The molecule has 1 aromatic heterocycles. The van der Waals surface area contributed by atoms with Crippen LogP contribution in [-0.4, -0.2) is 38.7 Å². The average molecular weight is 484 g/mol. The molecule has 0 aliphatic heterocycles. The molecule has 6 nitrogen and oxygen atoms in total. The summed E-state index contributed by atoms with van der Waals surface area (Å²) in [7, 11) is -0.880. The van der Waals surface area contributed by atoms with Crippen LogP contribution in [0.25, 0.3) is 0 Å². The standard InChI is InChI=1S/C17H32N4O2S.HI/c1-8-18-15(19-9-10-24(22)17(5,6)7)21-12-14-20-11-13(23-14)16(2,3)4;/h11H,8-10,12H2,1-7H3,(H2,18,19,21);1H. The molecular weight excluding hydrogens is 451 g/mol. The van der Waals surface area contributed by atoms with Crippen molar-refractivity contribution in [1.82, 2.24) is 15.6 Å². The van der Waals surface area contributed by atoms with E-state index in [1.165, 1.54) is 0 Å². The van der Waals surface area contributed by atoms with E-state index < -0.39 is 10.8 Å². The van der Waals surface area contributed by atoms with Crippen LogP contribution in [0.3, 0.4) is 0 Å². The number of nitrogens with one attached hydrogen (secondary N) is 2. The van der Waals surface area contributed by atoms with Gasteiger partial charge in [-0.3, -0.25) is 4.21 Å². The van der Waals surface area contributed by atoms with E-state index in [0.717, 1.165) is 12.3 Å².